The van der Waals surface area contributed by atoms with Crippen LogP contribution in [0.2, 0.25) is 0 Å². The Morgan fingerprint density at radius 3 is 2.15 bits per heavy atom. The van der Waals surface area contributed by atoms with Gasteiger partial charge in [0.1, 0.15) is 28.8 Å². The van der Waals surface area contributed by atoms with E-state index in [1.165, 1.54) is 0 Å². The van der Waals surface area contributed by atoms with Crippen LogP contribution in [0.25, 0.3) is 65.8 Å². The molecule has 1 aliphatic heterocycles. The van der Waals surface area contributed by atoms with Gasteiger partial charge in [0, 0.05) is 38.9 Å². The largest absolute Gasteiger partial charge is 0.456 e. The van der Waals surface area contributed by atoms with Crippen molar-refractivity contribution in [1.29, 1.82) is 0 Å². The van der Waals surface area contributed by atoms with E-state index < -0.39 is 0 Å². The highest BCUT2D eigenvalue weighted by Gasteiger charge is 2.24. The molecule has 0 fully saturated rings. The number of hydrogen-bond donors (Lipinski definition) is 1. The lowest BCUT2D eigenvalue weighted by Gasteiger charge is -2.24. The summed E-state index contributed by atoms with van der Waals surface area (Å²) in [4.78, 5) is 14.6. The van der Waals surface area contributed by atoms with Crippen LogP contribution in [0.3, 0.4) is 0 Å². The van der Waals surface area contributed by atoms with Crippen LogP contribution in [0, 0.1) is 0 Å². The Bertz CT molecular complexity index is 2770. The van der Waals surface area contributed by atoms with E-state index in [1.807, 2.05) is 66.9 Å². The third kappa shape index (κ3) is 4.16. The summed E-state index contributed by atoms with van der Waals surface area (Å²) >= 11 is 0. The van der Waals surface area contributed by atoms with Crippen LogP contribution in [-0.2, 0) is 0 Å². The average Bonchev–Trinajstić information content (AvgIpc) is 3.73. The van der Waals surface area contributed by atoms with Crippen molar-refractivity contribution in [2.75, 3.05) is 0 Å². The van der Waals surface area contributed by atoms with Crippen LogP contribution >= 0.6 is 0 Å². The Morgan fingerprint density at radius 1 is 0.542 bits per heavy atom. The van der Waals surface area contributed by atoms with Gasteiger partial charge >= 0.3 is 0 Å². The maximum absolute atomic E-state index is 6.22. The third-order valence-electron chi connectivity index (χ3n) is 9.25. The van der Waals surface area contributed by atoms with Crippen LogP contribution in [-0.4, -0.2) is 16.7 Å². The molecule has 6 aromatic carbocycles. The smallest absolute Gasteiger partial charge is 0.160 e. The standard InChI is InChI=1S/C42H26N4O2/c1-2-9-25(10-3-1)40-44-41(46-42(45-40)33-15-8-18-36-39(33)31-12-4-5-16-34(31)47-36)27-19-20-28-26(23-27)11-6-13-29(28)30-14-7-17-35-38(30)32-21-22-43-24-37(32)48-35/h1-24,40H,(H,44,45,46). The normalized spacial score (nSPS) is 14.9. The number of nitrogens with zero attached hydrogens (tertiary/aromatic N) is 3. The fraction of sp³-hybridized carbons (Fsp3) is 0.0238. The van der Waals surface area contributed by atoms with E-state index in [0.29, 0.717) is 5.84 Å². The van der Waals surface area contributed by atoms with Crippen LogP contribution < -0.4 is 5.32 Å². The number of para-hydroxylation sites is 1. The van der Waals surface area contributed by atoms with Gasteiger partial charge in [0.2, 0.25) is 0 Å². The van der Waals surface area contributed by atoms with Gasteiger partial charge in [0.25, 0.3) is 0 Å². The van der Waals surface area contributed by atoms with Gasteiger partial charge in [0.15, 0.2) is 11.4 Å². The van der Waals surface area contributed by atoms with Crippen molar-refractivity contribution in [3.63, 3.8) is 0 Å². The van der Waals surface area contributed by atoms with E-state index in [2.05, 4.69) is 83.1 Å². The molecule has 6 nitrogen and oxygen atoms in total. The van der Waals surface area contributed by atoms with E-state index in [0.717, 1.165) is 88.3 Å². The molecular formula is C42H26N4O2. The fourth-order valence-electron chi connectivity index (χ4n) is 7.05. The van der Waals surface area contributed by atoms with Gasteiger partial charge in [-0.25, -0.2) is 9.98 Å². The Kier molecular flexibility index (Phi) is 5.84. The van der Waals surface area contributed by atoms with Crippen molar-refractivity contribution in [2.45, 2.75) is 6.17 Å². The highest BCUT2D eigenvalue weighted by Crippen LogP contribution is 2.39. The first-order chi connectivity index (χ1) is 23.8. The first-order valence-electron chi connectivity index (χ1n) is 16.0. The minimum atomic E-state index is -0.314. The average molecular weight is 619 g/mol. The highest BCUT2D eigenvalue weighted by molar-refractivity contribution is 6.22. The second kappa shape index (κ2) is 10.5. The molecule has 0 bridgehead atoms. The van der Waals surface area contributed by atoms with E-state index >= 15 is 0 Å². The Morgan fingerprint density at radius 2 is 1.25 bits per heavy atom. The Labute approximate surface area is 274 Å². The summed E-state index contributed by atoms with van der Waals surface area (Å²) in [7, 11) is 0. The van der Waals surface area contributed by atoms with Gasteiger partial charge in [-0.15, -0.1) is 0 Å². The predicted octanol–water partition coefficient (Wildman–Crippen LogP) is 10.2. The molecule has 1 unspecified atom stereocenters. The summed E-state index contributed by atoms with van der Waals surface area (Å²) in [5.74, 6) is 1.43. The number of fused-ring (bicyclic) bond motifs is 7. The highest BCUT2D eigenvalue weighted by atomic mass is 16.3. The molecule has 226 valence electrons. The van der Waals surface area contributed by atoms with Crippen LogP contribution in [0.1, 0.15) is 22.9 Å². The second-order valence-electron chi connectivity index (χ2n) is 12.0. The van der Waals surface area contributed by atoms with Crippen molar-refractivity contribution < 1.29 is 8.83 Å². The summed E-state index contributed by atoms with van der Waals surface area (Å²) in [6.07, 6.45) is 3.28. The lowest BCUT2D eigenvalue weighted by atomic mass is 9.94. The molecule has 10 rings (SSSR count). The maximum atomic E-state index is 6.22. The van der Waals surface area contributed by atoms with Crippen molar-refractivity contribution in [1.82, 2.24) is 10.3 Å². The molecule has 0 amide bonds. The van der Waals surface area contributed by atoms with Crippen LogP contribution in [0.5, 0.6) is 0 Å². The van der Waals surface area contributed by atoms with Crippen molar-refractivity contribution >= 4 is 66.3 Å². The maximum Gasteiger partial charge on any atom is 0.160 e. The molecule has 6 heteroatoms. The van der Waals surface area contributed by atoms with Crippen molar-refractivity contribution in [3.8, 4) is 11.1 Å². The summed E-state index contributed by atoms with van der Waals surface area (Å²) in [6.45, 7) is 0. The molecular weight excluding hydrogens is 592 g/mol. The minimum Gasteiger partial charge on any atom is -0.456 e. The topological polar surface area (TPSA) is 75.9 Å². The van der Waals surface area contributed by atoms with E-state index in [-0.39, 0.29) is 6.17 Å². The predicted molar refractivity (Wildman–Crippen MR) is 194 cm³/mol. The number of rotatable bonds is 4. The molecule has 4 heterocycles. The zero-order chi connectivity index (χ0) is 31.6. The molecule has 1 aliphatic rings. The van der Waals surface area contributed by atoms with E-state index in [1.54, 1.807) is 6.20 Å². The minimum absolute atomic E-state index is 0.314. The molecule has 0 spiro atoms. The summed E-state index contributed by atoms with van der Waals surface area (Å²) in [6, 6.07) is 45.8. The fourth-order valence-corrected chi connectivity index (χ4v) is 7.05. The number of amidine groups is 2. The first-order valence-corrected chi connectivity index (χ1v) is 16.0. The number of hydrogen-bond acceptors (Lipinski definition) is 6. The SMILES string of the molecule is c1ccc(C2N=C(c3cccc4oc5ccccc5c34)N=C(c3ccc4c(-c5cccc6oc7cnccc7c56)cccc4c3)N2)cc1. The Hall–Kier alpha value is -6.53. The summed E-state index contributed by atoms with van der Waals surface area (Å²) in [5.41, 5.74) is 8.56. The van der Waals surface area contributed by atoms with E-state index in [9.17, 15) is 0 Å². The van der Waals surface area contributed by atoms with Gasteiger partial charge in [-0.05, 0) is 57.8 Å². The zero-order valence-corrected chi connectivity index (χ0v) is 25.6. The number of nitrogens with one attached hydrogen (secondary N) is 1. The monoisotopic (exact) mass is 618 g/mol. The van der Waals surface area contributed by atoms with Crippen LogP contribution in [0.4, 0.5) is 0 Å². The number of furan rings is 2. The van der Waals surface area contributed by atoms with Crippen LogP contribution in [0.15, 0.2) is 165 Å². The number of aliphatic imine (C=N–C) groups is 2. The Balaban J connectivity index is 1.13. The molecule has 0 saturated carbocycles. The van der Waals surface area contributed by atoms with Gasteiger partial charge in [-0.3, -0.25) is 4.98 Å². The molecule has 0 aliphatic carbocycles. The lowest BCUT2D eigenvalue weighted by Crippen LogP contribution is -2.33. The van der Waals surface area contributed by atoms with E-state index in [4.69, 9.17) is 18.8 Å². The van der Waals surface area contributed by atoms with Gasteiger partial charge < -0.3 is 14.2 Å². The number of aromatic nitrogens is 1. The lowest BCUT2D eigenvalue weighted by molar-refractivity contribution is 0.667. The molecule has 9 aromatic rings. The molecule has 1 N–H and O–H groups in total. The van der Waals surface area contributed by atoms with Crippen molar-refractivity contribution in [2.24, 2.45) is 9.98 Å². The van der Waals surface area contributed by atoms with Gasteiger partial charge in [-0.2, -0.15) is 0 Å². The third-order valence-corrected chi connectivity index (χ3v) is 9.25. The molecule has 0 saturated heterocycles. The molecule has 1 atom stereocenters. The summed E-state index contributed by atoms with van der Waals surface area (Å²) in [5, 5.41) is 10.1. The molecule has 0 radical (unpaired) electrons. The van der Waals surface area contributed by atoms with Gasteiger partial charge in [-0.1, -0.05) is 103 Å². The summed E-state index contributed by atoms with van der Waals surface area (Å²) < 4.78 is 12.4. The second-order valence-corrected chi connectivity index (χ2v) is 12.0. The molecule has 48 heavy (non-hydrogen) atoms. The number of benzene rings is 6. The van der Waals surface area contributed by atoms with Gasteiger partial charge in [0.05, 0.1) is 6.20 Å². The number of pyridine rings is 1. The zero-order valence-electron chi connectivity index (χ0n) is 25.6. The molecule has 3 aromatic heterocycles. The quantitative estimate of drug-likeness (QED) is 0.213. The first kappa shape index (κ1) is 26.7. The van der Waals surface area contributed by atoms with Crippen molar-refractivity contribution in [3.05, 3.63) is 163 Å².